The van der Waals surface area contributed by atoms with Gasteiger partial charge >= 0.3 is 5.69 Å². The van der Waals surface area contributed by atoms with Gasteiger partial charge in [0.25, 0.3) is 0 Å². The van der Waals surface area contributed by atoms with Crippen LogP contribution in [0.5, 0.6) is 0 Å². The Balaban J connectivity index is 1.94. The van der Waals surface area contributed by atoms with Crippen LogP contribution >= 0.6 is 0 Å². The van der Waals surface area contributed by atoms with E-state index in [1.165, 1.54) is 12.3 Å². The number of nitro benzene ring substituents is 1. The predicted molar refractivity (Wildman–Crippen MR) is 62.3 cm³/mol. The van der Waals surface area contributed by atoms with Crippen LogP contribution in [0, 0.1) is 10.1 Å². The minimum Gasteiger partial charge on any atom is -0.377 e. The van der Waals surface area contributed by atoms with E-state index < -0.39 is 4.92 Å². The summed E-state index contributed by atoms with van der Waals surface area (Å²) in [5.41, 5.74) is 1.53. The predicted octanol–water partition coefficient (Wildman–Crippen LogP) is 1.73. The molecule has 0 fully saturated rings. The Hall–Kier alpha value is -2.97. The summed E-state index contributed by atoms with van der Waals surface area (Å²) in [6.45, 7) is 0.399. The number of nitro groups is 1. The summed E-state index contributed by atoms with van der Waals surface area (Å²) >= 11 is 0. The Morgan fingerprint density at radius 2 is 2.05 bits per heavy atom. The third-order valence-electron chi connectivity index (χ3n) is 2.54. The van der Waals surface area contributed by atoms with Crippen molar-refractivity contribution in [2.45, 2.75) is 6.54 Å². The molecule has 9 nitrogen and oxygen atoms in total. The zero-order valence-electron chi connectivity index (χ0n) is 9.44. The molecule has 3 rings (SSSR count). The SMILES string of the molecule is O=[N+]([O-])c1ccc(NCc2ccon2)c2nonc12. The van der Waals surface area contributed by atoms with E-state index in [0.29, 0.717) is 23.4 Å². The van der Waals surface area contributed by atoms with E-state index >= 15 is 0 Å². The maximum absolute atomic E-state index is 10.8. The first-order chi connectivity index (χ1) is 9.25. The molecule has 0 saturated heterocycles. The minimum atomic E-state index is -0.534. The zero-order valence-corrected chi connectivity index (χ0v) is 9.44. The molecule has 2 aromatic heterocycles. The average molecular weight is 261 g/mol. The summed E-state index contributed by atoms with van der Waals surface area (Å²) in [5, 5.41) is 24.8. The second kappa shape index (κ2) is 4.37. The third kappa shape index (κ3) is 1.97. The van der Waals surface area contributed by atoms with Crippen molar-refractivity contribution in [3.8, 4) is 0 Å². The number of aromatic nitrogens is 3. The van der Waals surface area contributed by atoms with Gasteiger partial charge in [-0.2, -0.15) is 0 Å². The van der Waals surface area contributed by atoms with Crippen molar-refractivity contribution in [3.63, 3.8) is 0 Å². The number of benzene rings is 1. The number of fused-ring (bicyclic) bond motifs is 1. The van der Waals surface area contributed by atoms with Gasteiger partial charge in [0.2, 0.25) is 5.52 Å². The Morgan fingerprint density at radius 3 is 2.79 bits per heavy atom. The second-order valence-electron chi connectivity index (χ2n) is 3.70. The molecule has 1 aromatic carbocycles. The van der Waals surface area contributed by atoms with E-state index in [2.05, 4.69) is 25.4 Å². The van der Waals surface area contributed by atoms with Crippen molar-refractivity contribution in [2.75, 3.05) is 5.32 Å². The van der Waals surface area contributed by atoms with Gasteiger partial charge < -0.3 is 9.84 Å². The summed E-state index contributed by atoms with van der Waals surface area (Å²) in [4.78, 5) is 10.3. The molecule has 0 aliphatic carbocycles. The lowest BCUT2D eigenvalue weighted by Gasteiger charge is -2.03. The maximum atomic E-state index is 10.8. The summed E-state index contributed by atoms with van der Waals surface area (Å²) in [5.74, 6) is 0. The number of non-ortho nitro benzene ring substituents is 1. The van der Waals surface area contributed by atoms with Crippen molar-refractivity contribution < 1.29 is 14.1 Å². The molecule has 19 heavy (non-hydrogen) atoms. The molecule has 0 saturated carbocycles. The van der Waals surface area contributed by atoms with Crippen LogP contribution < -0.4 is 5.32 Å². The minimum absolute atomic E-state index is 0.107. The number of hydrogen-bond acceptors (Lipinski definition) is 8. The Morgan fingerprint density at radius 1 is 1.21 bits per heavy atom. The summed E-state index contributed by atoms with van der Waals surface area (Å²) < 4.78 is 9.26. The molecule has 0 atom stereocenters. The lowest BCUT2D eigenvalue weighted by atomic mass is 10.2. The van der Waals surface area contributed by atoms with Crippen LogP contribution in [0.1, 0.15) is 5.69 Å². The largest absolute Gasteiger partial charge is 0.377 e. The highest BCUT2D eigenvalue weighted by atomic mass is 16.6. The molecule has 0 amide bonds. The number of nitrogens with one attached hydrogen (secondary N) is 1. The fourth-order valence-corrected chi connectivity index (χ4v) is 1.66. The standard InChI is InChI=1S/C10H7N5O4/c16-15(17)8-2-1-7(9-10(8)14-19-13-9)11-5-6-3-4-18-12-6/h1-4,11H,5H2. The fourth-order valence-electron chi connectivity index (χ4n) is 1.66. The van der Waals surface area contributed by atoms with Crippen molar-refractivity contribution in [1.29, 1.82) is 0 Å². The molecule has 96 valence electrons. The van der Waals surface area contributed by atoms with Gasteiger partial charge in [-0.25, -0.2) is 4.63 Å². The molecule has 0 spiro atoms. The van der Waals surface area contributed by atoms with Crippen LogP contribution in [-0.4, -0.2) is 20.4 Å². The second-order valence-corrected chi connectivity index (χ2v) is 3.70. The lowest BCUT2D eigenvalue weighted by molar-refractivity contribution is -0.383. The lowest BCUT2D eigenvalue weighted by Crippen LogP contribution is -2.01. The highest BCUT2D eigenvalue weighted by Crippen LogP contribution is 2.28. The van der Waals surface area contributed by atoms with Crippen LogP contribution in [0.3, 0.4) is 0 Å². The van der Waals surface area contributed by atoms with Crippen LogP contribution in [0.15, 0.2) is 33.6 Å². The van der Waals surface area contributed by atoms with E-state index in [-0.39, 0.29) is 11.2 Å². The zero-order chi connectivity index (χ0) is 13.2. The van der Waals surface area contributed by atoms with E-state index in [9.17, 15) is 10.1 Å². The van der Waals surface area contributed by atoms with Gasteiger partial charge in [0.1, 0.15) is 12.0 Å². The molecule has 0 aliphatic heterocycles. The van der Waals surface area contributed by atoms with E-state index in [1.807, 2.05) is 0 Å². The van der Waals surface area contributed by atoms with Gasteiger partial charge in [0.05, 0.1) is 17.2 Å². The van der Waals surface area contributed by atoms with Gasteiger partial charge in [-0.3, -0.25) is 10.1 Å². The van der Waals surface area contributed by atoms with Crippen LogP contribution in [0.25, 0.3) is 11.0 Å². The van der Waals surface area contributed by atoms with E-state index in [1.54, 1.807) is 12.1 Å². The number of anilines is 1. The highest BCUT2D eigenvalue weighted by Gasteiger charge is 2.19. The summed E-state index contributed by atoms with van der Waals surface area (Å²) in [7, 11) is 0. The maximum Gasteiger partial charge on any atom is 0.300 e. The van der Waals surface area contributed by atoms with Crippen molar-refractivity contribution >= 4 is 22.4 Å². The fraction of sp³-hybridized carbons (Fsp3) is 0.100. The smallest absolute Gasteiger partial charge is 0.300 e. The Bertz CT molecular complexity index is 721. The number of hydrogen-bond donors (Lipinski definition) is 1. The average Bonchev–Trinajstić information content (AvgIpc) is 3.06. The van der Waals surface area contributed by atoms with E-state index in [0.717, 1.165) is 0 Å². The van der Waals surface area contributed by atoms with Crippen LogP contribution in [-0.2, 0) is 6.54 Å². The number of nitrogens with zero attached hydrogens (tertiary/aromatic N) is 4. The topological polar surface area (TPSA) is 120 Å². The van der Waals surface area contributed by atoms with Gasteiger partial charge in [0, 0.05) is 12.1 Å². The van der Waals surface area contributed by atoms with Gasteiger partial charge in [-0.05, 0) is 16.4 Å². The summed E-state index contributed by atoms with van der Waals surface area (Å²) in [6.07, 6.45) is 1.46. The van der Waals surface area contributed by atoms with Gasteiger partial charge in [-0.15, -0.1) is 0 Å². The third-order valence-corrected chi connectivity index (χ3v) is 2.54. The normalized spacial score (nSPS) is 10.7. The molecule has 0 radical (unpaired) electrons. The van der Waals surface area contributed by atoms with Crippen LogP contribution in [0.2, 0.25) is 0 Å². The molecule has 0 unspecified atom stereocenters. The first-order valence-electron chi connectivity index (χ1n) is 5.28. The van der Waals surface area contributed by atoms with Gasteiger partial charge in [0.15, 0.2) is 5.52 Å². The Kier molecular flexibility index (Phi) is 2.56. The molecule has 3 aromatic rings. The molecule has 1 N–H and O–H groups in total. The Labute approximate surface area is 105 Å². The monoisotopic (exact) mass is 261 g/mol. The van der Waals surface area contributed by atoms with Crippen LogP contribution in [0.4, 0.5) is 11.4 Å². The first kappa shape index (κ1) is 11.1. The quantitative estimate of drug-likeness (QED) is 0.556. The molecule has 9 heteroatoms. The molecule has 2 heterocycles. The first-order valence-corrected chi connectivity index (χ1v) is 5.28. The van der Waals surface area contributed by atoms with Crippen molar-refractivity contribution in [2.24, 2.45) is 0 Å². The van der Waals surface area contributed by atoms with Crippen molar-refractivity contribution in [3.05, 3.63) is 40.3 Å². The van der Waals surface area contributed by atoms with Crippen molar-refractivity contribution in [1.82, 2.24) is 15.5 Å². The van der Waals surface area contributed by atoms with E-state index in [4.69, 9.17) is 4.52 Å². The molecule has 0 bridgehead atoms. The highest BCUT2D eigenvalue weighted by molar-refractivity contribution is 5.93. The van der Waals surface area contributed by atoms with Gasteiger partial charge in [-0.1, -0.05) is 5.16 Å². The molecule has 0 aliphatic rings. The molecular formula is C10H7N5O4. The molecular weight excluding hydrogens is 254 g/mol. The number of rotatable bonds is 4. The summed E-state index contributed by atoms with van der Waals surface area (Å²) in [6, 6.07) is 4.60.